The molecule has 0 fully saturated rings. The van der Waals surface area contributed by atoms with Gasteiger partial charge >= 0.3 is 0 Å². The molecule has 5 aromatic rings. The summed E-state index contributed by atoms with van der Waals surface area (Å²) in [5.41, 5.74) is 9.24. The van der Waals surface area contributed by atoms with Crippen molar-refractivity contribution in [2.24, 2.45) is 5.73 Å². The fourth-order valence-corrected chi connectivity index (χ4v) is 3.26. The first-order valence-corrected chi connectivity index (χ1v) is 9.07. The van der Waals surface area contributed by atoms with Crippen LogP contribution >= 0.6 is 0 Å². The number of ether oxygens (including phenoxy) is 1. The van der Waals surface area contributed by atoms with Crippen molar-refractivity contribution < 1.29 is 9.15 Å². The monoisotopic (exact) mass is 370 g/mol. The van der Waals surface area contributed by atoms with Gasteiger partial charge in [0, 0.05) is 18.0 Å². The van der Waals surface area contributed by atoms with Crippen LogP contribution in [0.2, 0.25) is 0 Å². The number of benzene rings is 2. The summed E-state index contributed by atoms with van der Waals surface area (Å²) in [5.74, 6) is 1.18. The van der Waals surface area contributed by atoms with Crippen molar-refractivity contribution in [2.45, 2.75) is 6.10 Å². The first kappa shape index (κ1) is 16.5. The van der Waals surface area contributed by atoms with E-state index in [1.54, 1.807) is 16.8 Å². The van der Waals surface area contributed by atoms with Gasteiger partial charge in [0.05, 0.1) is 6.20 Å². The van der Waals surface area contributed by atoms with Gasteiger partial charge in [-0.2, -0.15) is 0 Å². The summed E-state index contributed by atoms with van der Waals surface area (Å²) in [4.78, 5) is 4.42. The predicted molar refractivity (Wildman–Crippen MR) is 107 cm³/mol. The van der Waals surface area contributed by atoms with E-state index in [1.165, 1.54) is 0 Å². The van der Waals surface area contributed by atoms with Gasteiger partial charge in [0.2, 0.25) is 5.88 Å². The Morgan fingerprint density at radius 2 is 1.82 bits per heavy atom. The molecule has 6 heteroatoms. The Balaban J connectivity index is 1.53. The van der Waals surface area contributed by atoms with Gasteiger partial charge in [-0.15, -0.1) is 5.10 Å². The summed E-state index contributed by atoms with van der Waals surface area (Å²) in [6.45, 7) is 0.351. The number of para-hydroxylation sites is 1. The van der Waals surface area contributed by atoms with Crippen LogP contribution in [0.4, 0.5) is 0 Å². The second kappa shape index (κ2) is 6.83. The molecule has 3 heterocycles. The second-order valence-corrected chi connectivity index (χ2v) is 6.49. The highest BCUT2D eigenvalue weighted by Crippen LogP contribution is 2.28. The quantitative estimate of drug-likeness (QED) is 0.501. The molecule has 2 N–H and O–H groups in total. The maximum atomic E-state index is 6.06. The molecule has 0 spiro atoms. The number of fused-ring (bicyclic) bond motifs is 2. The van der Waals surface area contributed by atoms with Crippen molar-refractivity contribution >= 4 is 16.6 Å². The average Bonchev–Trinajstić information content (AvgIpc) is 3.36. The molecular weight excluding hydrogens is 352 g/mol. The molecule has 2 aromatic carbocycles. The molecule has 0 radical (unpaired) electrons. The van der Waals surface area contributed by atoms with E-state index in [0.29, 0.717) is 23.8 Å². The van der Waals surface area contributed by atoms with Crippen LogP contribution in [0.5, 0.6) is 5.88 Å². The molecule has 0 bridgehead atoms. The molecule has 0 aliphatic carbocycles. The van der Waals surface area contributed by atoms with E-state index < -0.39 is 0 Å². The van der Waals surface area contributed by atoms with Gasteiger partial charge in [0.25, 0.3) is 0 Å². The Morgan fingerprint density at radius 1 is 1.00 bits per heavy atom. The Bertz CT molecular complexity index is 1210. The highest BCUT2D eigenvalue weighted by molar-refractivity contribution is 5.82. The van der Waals surface area contributed by atoms with E-state index in [0.717, 1.165) is 22.2 Å². The maximum absolute atomic E-state index is 6.06. The summed E-state index contributed by atoms with van der Waals surface area (Å²) in [6.07, 6.45) is 1.48. The van der Waals surface area contributed by atoms with Crippen LogP contribution in [0.1, 0.15) is 11.7 Å². The fraction of sp³-hybridized carbons (Fsp3) is 0.0909. The smallest absolute Gasteiger partial charge is 0.232 e. The summed E-state index contributed by atoms with van der Waals surface area (Å²) in [7, 11) is 0. The minimum absolute atomic E-state index is 0.274. The molecule has 1 unspecified atom stereocenters. The van der Waals surface area contributed by atoms with Gasteiger partial charge in [0.15, 0.2) is 11.4 Å². The second-order valence-electron chi connectivity index (χ2n) is 6.49. The van der Waals surface area contributed by atoms with E-state index in [9.17, 15) is 0 Å². The lowest BCUT2D eigenvalue weighted by Crippen LogP contribution is -2.19. The van der Waals surface area contributed by atoms with Gasteiger partial charge in [-0.1, -0.05) is 48.5 Å². The third kappa shape index (κ3) is 2.90. The number of hydrogen-bond acceptors (Lipinski definition) is 5. The van der Waals surface area contributed by atoms with Crippen LogP contribution in [-0.4, -0.2) is 21.1 Å². The number of rotatable bonds is 5. The standard InChI is InChI=1S/C22H18N4O2/c23-13-20(15-6-2-1-3-7-15)28-22-11-10-21-24-14-17(26(21)25-22)19-12-16-8-4-5-9-18(16)27-19/h1-12,14,20H,13,23H2. The predicted octanol–water partition coefficient (Wildman–Crippen LogP) is 4.22. The van der Waals surface area contributed by atoms with Crippen molar-refractivity contribution in [2.75, 3.05) is 6.54 Å². The van der Waals surface area contributed by atoms with Crippen LogP contribution in [0.3, 0.4) is 0 Å². The highest BCUT2D eigenvalue weighted by Gasteiger charge is 2.15. The number of nitrogens with two attached hydrogens (primary N) is 1. The molecule has 0 aliphatic rings. The van der Waals surface area contributed by atoms with E-state index in [1.807, 2.05) is 66.7 Å². The molecule has 138 valence electrons. The lowest BCUT2D eigenvalue weighted by molar-refractivity contribution is 0.202. The Morgan fingerprint density at radius 3 is 2.64 bits per heavy atom. The summed E-state index contributed by atoms with van der Waals surface area (Å²) >= 11 is 0. The molecular formula is C22H18N4O2. The lowest BCUT2D eigenvalue weighted by Gasteiger charge is -2.17. The van der Waals surface area contributed by atoms with Crippen molar-refractivity contribution in [3.63, 3.8) is 0 Å². The third-order valence-electron chi connectivity index (χ3n) is 4.66. The Hall–Kier alpha value is -3.64. The first-order valence-electron chi connectivity index (χ1n) is 9.07. The van der Waals surface area contributed by atoms with Gasteiger partial charge in [0.1, 0.15) is 17.4 Å². The normalized spacial score (nSPS) is 12.5. The van der Waals surface area contributed by atoms with E-state index in [4.69, 9.17) is 14.9 Å². The number of nitrogens with zero attached hydrogens (tertiary/aromatic N) is 3. The van der Waals surface area contributed by atoms with Crippen molar-refractivity contribution in [3.8, 4) is 17.3 Å². The first-order chi connectivity index (χ1) is 13.8. The summed E-state index contributed by atoms with van der Waals surface area (Å²) in [5, 5.41) is 5.65. The zero-order valence-electron chi connectivity index (χ0n) is 15.0. The number of imidazole rings is 1. The zero-order chi connectivity index (χ0) is 18.9. The fourth-order valence-electron chi connectivity index (χ4n) is 3.26. The van der Waals surface area contributed by atoms with Gasteiger partial charge in [-0.05, 0) is 23.8 Å². The average molecular weight is 370 g/mol. The molecule has 0 amide bonds. The van der Waals surface area contributed by atoms with Gasteiger partial charge < -0.3 is 14.9 Å². The number of furan rings is 1. The van der Waals surface area contributed by atoms with E-state index in [2.05, 4.69) is 10.1 Å². The van der Waals surface area contributed by atoms with Gasteiger partial charge in [-0.3, -0.25) is 0 Å². The van der Waals surface area contributed by atoms with E-state index >= 15 is 0 Å². The molecule has 0 aliphatic heterocycles. The Labute approximate surface area is 161 Å². The third-order valence-corrected chi connectivity index (χ3v) is 4.66. The Kier molecular flexibility index (Phi) is 4.03. The molecule has 0 saturated heterocycles. The number of aromatic nitrogens is 3. The van der Waals surface area contributed by atoms with Gasteiger partial charge in [-0.25, -0.2) is 9.50 Å². The van der Waals surface area contributed by atoms with Crippen LogP contribution in [0, 0.1) is 0 Å². The number of hydrogen-bond donors (Lipinski definition) is 1. The molecule has 5 rings (SSSR count). The molecule has 3 aromatic heterocycles. The van der Waals surface area contributed by atoms with Crippen molar-refractivity contribution in [3.05, 3.63) is 84.6 Å². The molecule has 28 heavy (non-hydrogen) atoms. The zero-order valence-corrected chi connectivity index (χ0v) is 15.0. The van der Waals surface area contributed by atoms with Crippen LogP contribution in [0.15, 0.2) is 83.4 Å². The molecule has 0 saturated carbocycles. The topological polar surface area (TPSA) is 78.6 Å². The largest absolute Gasteiger partial charge is 0.467 e. The summed E-state index contributed by atoms with van der Waals surface area (Å²) in [6, 6.07) is 23.4. The maximum Gasteiger partial charge on any atom is 0.232 e. The van der Waals surface area contributed by atoms with Crippen LogP contribution in [-0.2, 0) is 0 Å². The molecule has 6 nitrogen and oxygen atoms in total. The minimum Gasteiger partial charge on any atom is -0.467 e. The SMILES string of the molecule is NCC(Oc1ccc2ncc(-c3cc4ccccc4o3)n2n1)c1ccccc1. The molecule has 1 atom stereocenters. The lowest BCUT2D eigenvalue weighted by atomic mass is 10.1. The summed E-state index contributed by atoms with van der Waals surface area (Å²) < 4.78 is 13.8. The van der Waals surface area contributed by atoms with Crippen LogP contribution in [0.25, 0.3) is 28.1 Å². The van der Waals surface area contributed by atoms with Crippen molar-refractivity contribution in [1.29, 1.82) is 0 Å². The van der Waals surface area contributed by atoms with E-state index in [-0.39, 0.29) is 6.10 Å². The van der Waals surface area contributed by atoms with Crippen molar-refractivity contribution in [1.82, 2.24) is 14.6 Å². The minimum atomic E-state index is -0.274. The highest BCUT2D eigenvalue weighted by atomic mass is 16.5. The van der Waals surface area contributed by atoms with Crippen LogP contribution < -0.4 is 10.5 Å².